The summed E-state index contributed by atoms with van der Waals surface area (Å²) >= 11 is 5.90. The normalized spacial score (nSPS) is 10.4. The Hall–Kier alpha value is -1.84. The van der Waals surface area contributed by atoms with Gasteiger partial charge >= 0.3 is 5.97 Å². The first-order valence-electron chi connectivity index (χ1n) is 5.92. The minimum atomic E-state index is -0.906. The van der Waals surface area contributed by atoms with Gasteiger partial charge < -0.3 is 10.4 Å². The summed E-state index contributed by atoms with van der Waals surface area (Å²) in [6.07, 6.45) is 0. The summed E-state index contributed by atoms with van der Waals surface area (Å²) in [5, 5.41) is 12.9. The lowest BCUT2D eigenvalue weighted by molar-refractivity contribution is 0.0696. The lowest BCUT2D eigenvalue weighted by Crippen LogP contribution is -2.13. The summed E-state index contributed by atoms with van der Waals surface area (Å²) in [6, 6.07) is 14.5. The molecular formula is C15H14ClNO2. The number of hydrogen-bond acceptors (Lipinski definition) is 2. The zero-order chi connectivity index (χ0) is 13.7. The van der Waals surface area contributed by atoms with Gasteiger partial charge in [0.25, 0.3) is 0 Å². The molecule has 98 valence electrons. The smallest absolute Gasteiger partial charge is 0.335 e. The standard InChI is InChI=1S/C15H14ClNO2/c16-14-6-2-4-12(8-14)10-17-9-11-3-1-5-13(7-11)15(18)19/h1-8,17H,9-10H2,(H,18,19). The van der Waals surface area contributed by atoms with Gasteiger partial charge in [0.1, 0.15) is 0 Å². The molecule has 0 bridgehead atoms. The van der Waals surface area contributed by atoms with Gasteiger partial charge in [-0.3, -0.25) is 0 Å². The van der Waals surface area contributed by atoms with Gasteiger partial charge in [-0.1, -0.05) is 35.9 Å². The minimum Gasteiger partial charge on any atom is -0.478 e. The van der Waals surface area contributed by atoms with Crippen molar-refractivity contribution in [2.45, 2.75) is 13.1 Å². The van der Waals surface area contributed by atoms with Gasteiger partial charge in [0.15, 0.2) is 0 Å². The van der Waals surface area contributed by atoms with Crippen molar-refractivity contribution in [1.82, 2.24) is 5.32 Å². The fourth-order valence-corrected chi connectivity index (χ4v) is 2.03. The molecule has 4 heteroatoms. The molecule has 2 N–H and O–H groups in total. The Morgan fingerprint density at radius 1 is 1.05 bits per heavy atom. The first-order valence-corrected chi connectivity index (χ1v) is 6.30. The predicted octanol–water partition coefficient (Wildman–Crippen LogP) is 3.33. The summed E-state index contributed by atoms with van der Waals surface area (Å²) in [7, 11) is 0. The Morgan fingerprint density at radius 2 is 1.68 bits per heavy atom. The number of halogens is 1. The monoisotopic (exact) mass is 275 g/mol. The highest BCUT2D eigenvalue weighted by Crippen LogP contribution is 2.11. The average Bonchev–Trinajstić information content (AvgIpc) is 2.39. The van der Waals surface area contributed by atoms with E-state index in [0.29, 0.717) is 23.7 Å². The van der Waals surface area contributed by atoms with E-state index >= 15 is 0 Å². The van der Waals surface area contributed by atoms with Crippen molar-refractivity contribution in [2.24, 2.45) is 0 Å². The third kappa shape index (κ3) is 4.09. The van der Waals surface area contributed by atoms with Crippen molar-refractivity contribution in [2.75, 3.05) is 0 Å². The number of hydrogen-bond donors (Lipinski definition) is 2. The molecule has 0 fully saturated rings. The fourth-order valence-electron chi connectivity index (χ4n) is 1.81. The fraction of sp³-hybridized carbons (Fsp3) is 0.133. The zero-order valence-corrected chi connectivity index (χ0v) is 11.0. The number of nitrogens with one attached hydrogen (secondary N) is 1. The average molecular weight is 276 g/mol. The molecule has 0 amide bonds. The summed E-state index contributed by atoms with van der Waals surface area (Å²) < 4.78 is 0. The van der Waals surface area contributed by atoms with E-state index in [1.807, 2.05) is 30.3 Å². The molecule has 0 unspecified atom stereocenters. The Morgan fingerprint density at radius 3 is 2.32 bits per heavy atom. The Bertz CT molecular complexity index is 584. The van der Waals surface area contributed by atoms with Crippen LogP contribution in [0.15, 0.2) is 48.5 Å². The van der Waals surface area contributed by atoms with Gasteiger partial charge in [-0.25, -0.2) is 4.79 Å². The Labute approximate surface area is 116 Å². The minimum absolute atomic E-state index is 0.307. The van der Waals surface area contributed by atoms with Crippen LogP contribution >= 0.6 is 11.6 Å². The van der Waals surface area contributed by atoms with Gasteiger partial charge in [-0.2, -0.15) is 0 Å². The molecule has 2 aromatic rings. The lowest BCUT2D eigenvalue weighted by Gasteiger charge is -2.06. The molecule has 0 heterocycles. The highest BCUT2D eigenvalue weighted by atomic mass is 35.5. The van der Waals surface area contributed by atoms with Crippen molar-refractivity contribution < 1.29 is 9.90 Å². The highest BCUT2D eigenvalue weighted by molar-refractivity contribution is 6.30. The van der Waals surface area contributed by atoms with Crippen LogP contribution in [0.3, 0.4) is 0 Å². The molecule has 2 aromatic carbocycles. The van der Waals surface area contributed by atoms with Gasteiger partial charge in [0.2, 0.25) is 0 Å². The largest absolute Gasteiger partial charge is 0.478 e. The second-order valence-electron chi connectivity index (χ2n) is 4.24. The maximum atomic E-state index is 10.9. The van der Waals surface area contributed by atoms with Crippen LogP contribution in [-0.2, 0) is 13.1 Å². The molecular weight excluding hydrogens is 262 g/mol. The number of aromatic carboxylic acids is 1. The second kappa shape index (κ2) is 6.36. The second-order valence-corrected chi connectivity index (χ2v) is 4.68. The SMILES string of the molecule is O=C(O)c1cccc(CNCc2cccc(Cl)c2)c1. The number of carboxylic acid groups (broad SMARTS) is 1. The number of carboxylic acids is 1. The first-order chi connectivity index (χ1) is 9.15. The Kier molecular flexibility index (Phi) is 4.55. The van der Waals surface area contributed by atoms with Crippen molar-refractivity contribution in [3.63, 3.8) is 0 Å². The molecule has 0 aliphatic heterocycles. The quantitative estimate of drug-likeness (QED) is 0.880. The molecule has 0 saturated heterocycles. The van der Waals surface area contributed by atoms with Crippen LogP contribution in [0.4, 0.5) is 0 Å². The summed E-state index contributed by atoms with van der Waals surface area (Å²) in [4.78, 5) is 10.9. The van der Waals surface area contributed by atoms with Crippen LogP contribution in [0, 0.1) is 0 Å². The van der Waals surface area contributed by atoms with E-state index in [-0.39, 0.29) is 0 Å². The molecule has 3 nitrogen and oxygen atoms in total. The van der Waals surface area contributed by atoms with Crippen molar-refractivity contribution in [3.05, 3.63) is 70.2 Å². The van der Waals surface area contributed by atoms with E-state index in [1.165, 1.54) is 0 Å². The summed E-state index contributed by atoms with van der Waals surface area (Å²) in [6.45, 7) is 1.31. The summed E-state index contributed by atoms with van der Waals surface area (Å²) in [5.74, 6) is -0.906. The van der Waals surface area contributed by atoms with Gasteiger partial charge in [-0.15, -0.1) is 0 Å². The summed E-state index contributed by atoms with van der Waals surface area (Å²) in [5.41, 5.74) is 2.35. The first kappa shape index (κ1) is 13.6. The number of rotatable bonds is 5. The van der Waals surface area contributed by atoms with E-state index < -0.39 is 5.97 Å². The maximum Gasteiger partial charge on any atom is 0.335 e. The molecule has 0 radical (unpaired) electrons. The zero-order valence-electron chi connectivity index (χ0n) is 10.3. The maximum absolute atomic E-state index is 10.9. The van der Waals surface area contributed by atoms with Crippen molar-refractivity contribution in [3.8, 4) is 0 Å². The highest BCUT2D eigenvalue weighted by Gasteiger charge is 2.02. The predicted molar refractivity (Wildman–Crippen MR) is 75.4 cm³/mol. The van der Waals surface area contributed by atoms with Crippen LogP contribution in [0.2, 0.25) is 5.02 Å². The third-order valence-corrected chi connectivity index (χ3v) is 2.96. The van der Waals surface area contributed by atoms with E-state index in [4.69, 9.17) is 16.7 Å². The molecule has 0 aliphatic carbocycles. The van der Waals surface area contributed by atoms with Crippen LogP contribution < -0.4 is 5.32 Å². The third-order valence-electron chi connectivity index (χ3n) is 2.72. The van der Waals surface area contributed by atoms with Crippen LogP contribution in [0.25, 0.3) is 0 Å². The van der Waals surface area contributed by atoms with E-state index in [2.05, 4.69) is 5.32 Å². The van der Waals surface area contributed by atoms with E-state index in [1.54, 1.807) is 18.2 Å². The molecule has 2 rings (SSSR count). The van der Waals surface area contributed by atoms with Gasteiger partial charge in [0.05, 0.1) is 5.56 Å². The van der Waals surface area contributed by atoms with Gasteiger partial charge in [0, 0.05) is 18.1 Å². The molecule has 19 heavy (non-hydrogen) atoms. The molecule has 0 spiro atoms. The Balaban J connectivity index is 1.92. The molecule has 0 aromatic heterocycles. The molecule has 0 atom stereocenters. The number of benzene rings is 2. The molecule has 0 saturated carbocycles. The van der Waals surface area contributed by atoms with Crippen molar-refractivity contribution in [1.29, 1.82) is 0 Å². The topological polar surface area (TPSA) is 49.3 Å². The van der Waals surface area contributed by atoms with Crippen LogP contribution in [-0.4, -0.2) is 11.1 Å². The van der Waals surface area contributed by atoms with Gasteiger partial charge in [-0.05, 0) is 35.4 Å². The van der Waals surface area contributed by atoms with E-state index in [0.717, 1.165) is 11.1 Å². The van der Waals surface area contributed by atoms with Crippen LogP contribution in [0.1, 0.15) is 21.5 Å². The van der Waals surface area contributed by atoms with E-state index in [9.17, 15) is 4.79 Å². The van der Waals surface area contributed by atoms with Crippen LogP contribution in [0.5, 0.6) is 0 Å². The van der Waals surface area contributed by atoms with Crippen molar-refractivity contribution >= 4 is 17.6 Å². The molecule has 0 aliphatic rings. The number of carbonyl (C=O) groups is 1. The lowest BCUT2D eigenvalue weighted by atomic mass is 10.1.